The molecule has 3 rings (SSSR count). The van der Waals surface area contributed by atoms with E-state index in [1.807, 2.05) is 19.1 Å². The van der Waals surface area contributed by atoms with Gasteiger partial charge >= 0.3 is 5.82 Å². The van der Waals surface area contributed by atoms with Gasteiger partial charge in [0.25, 0.3) is 11.7 Å². The molecule has 1 atom stereocenters. The van der Waals surface area contributed by atoms with Crippen LogP contribution < -0.4 is 15.5 Å². The first-order valence-electron chi connectivity index (χ1n) is 9.72. The van der Waals surface area contributed by atoms with Crippen molar-refractivity contribution in [3.63, 3.8) is 0 Å². The van der Waals surface area contributed by atoms with Crippen LogP contribution in [0.1, 0.15) is 46.9 Å². The van der Waals surface area contributed by atoms with Crippen LogP contribution in [-0.2, 0) is 0 Å². The van der Waals surface area contributed by atoms with Gasteiger partial charge in [-0.1, -0.05) is 31.7 Å². The molecule has 0 saturated heterocycles. The molecule has 3 aromatic rings. The van der Waals surface area contributed by atoms with E-state index in [-0.39, 0.29) is 50.9 Å². The van der Waals surface area contributed by atoms with Crippen molar-refractivity contribution in [1.82, 2.24) is 10.1 Å². The molecule has 0 aliphatic rings. The number of aromatic hydroxyl groups is 1. The number of hydrogen-bond donors (Lipinski definition) is 3. The Bertz CT molecular complexity index is 1080. The van der Waals surface area contributed by atoms with E-state index in [0.29, 0.717) is 0 Å². The highest BCUT2D eigenvalue weighted by Gasteiger charge is 2.32. The lowest BCUT2D eigenvalue weighted by molar-refractivity contribution is -0.790. The number of rotatable bonds is 6. The maximum Gasteiger partial charge on any atom is 0.324 e. The van der Waals surface area contributed by atoms with Gasteiger partial charge in [-0.2, -0.15) is 0 Å². The minimum absolute atomic E-state index is 0.0210. The third-order valence-corrected chi connectivity index (χ3v) is 5.80. The molecule has 1 aromatic carbocycles. The third kappa shape index (κ3) is 4.74. The minimum Gasteiger partial charge on any atom is -0.504 e. The molecule has 166 valence electrons. The molecule has 0 radical (unpaired) electrons. The zero-order chi connectivity index (χ0) is 22.9. The van der Waals surface area contributed by atoms with E-state index in [0.717, 1.165) is 4.88 Å². The summed E-state index contributed by atoms with van der Waals surface area (Å²) in [6, 6.07) is 8.62. The molecule has 0 fully saturated rings. The Hall–Kier alpha value is -3.27. The van der Waals surface area contributed by atoms with Crippen LogP contribution in [-0.4, -0.2) is 35.2 Å². The van der Waals surface area contributed by atoms with Gasteiger partial charge in [-0.15, -0.1) is 11.3 Å². The van der Waals surface area contributed by atoms with E-state index in [1.165, 1.54) is 15.8 Å². The van der Waals surface area contributed by atoms with Crippen molar-refractivity contribution >= 4 is 34.6 Å². The summed E-state index contributed by atoms with van der Waals surface area (Å²) in [4.78, 5) is 16.2. The second kappa shape index (κ2) is 8.46. The van der Waals surface area contributed by atoms with Crippen LogP contribution >= 0.6 is 11.3 Å². The van der Waals surface area contributed by atoms with Crippen LogP contribution in [0.5, 0.6) is 5.75 Å². The maximum atomic E-state index is 12.3. The van der Waals surface area contributed by atoms with E-state index in [1.54, 1.807) is 37.6 Å². The molecule has 0 aliphatic carbocycles. The Morgan fingerprint density at radius 3 is 2.58 bits per heavy atom. The lowest BCUT2D eigenvalue weighted by Crippen LogP contribution is -2.29. The number of anilines is 3. The molecular weight excluding hydrogens is 418 g/mol. The highest BCUT2D eigenvalue weighted by molar-refractivity contribution is 7.12. The van der Waals surface area contributed by atoms with Crippen LogP contribution in [0.3, 0.4) is 0 Å². The standard InChI is InChI=1S/C21H27N5O4S/c1-12-10-11-15(31-12)17(21(2,3)4)23-18-19(26(29)30-24-18)22-14-9-7-8-13(16(14)27)20(28)25(5)6/h7-11,17,22,27H,1-6H3,(H,23,24)/t17-/m0/s1. The molecule has 0 saturated carbocycles. The first kappa shape index (κ1) is 22.4. The molecule has 3 N–H and O–H groups in total. The van der Waals surface area contributed by atoms with E-state index >= 15 is 0 Å². The van der Waals surface area contributed by atoms with Crippen molar-refractivity contribution in [3.8, 4) is 5.75 Å². The number of phenols is 1. The predicted molar refractivity (Wildman–Crippen MR) is 120 cm³/mol. The largest absolute Gasteiger partial charge is 0.504 e. The summed E-state index contributed by atoms with van der Waals surface area (Å²) in [6.07, 6.45) is 0. The molecule has 9 nitrogen and oxygen atoms in total. The van der Waals surface area contributed by atoms with Crippen molar-refractivity contribution in [2.75, 3.05) is 24.7 Å². The number of nitrogens with one attached hydrogen (secondary N) is 2. The molecule has 31 heavy (non-hydrogen) atoms. The number of thiophene rings is 1. The Balaban J connectivity index is 1.95. The van der Waals surface area contributed by atoms with Gasteiger partial charge in [-0.25, -0.2) is 0 Å². The average molecular weight is 446 g/mol. The van der Waals surface area contributed by atoms with Gasteiger partial charge in [-0.3, -0.25) is 10.1 Å². The Morgan fingerprint density at radius 1 is 1.29 bits per heavy atom. The van der Waals surface area contributed by atoms with Crippen molar-refractivity contribution < 1.29 is 19.4 Å². The van der Waals surface area contributed by atoms with Crippen LogP contribution in [0.4, 0.5) is 17.3 Å². The lowest BCUT2D eigenvalue weighted by Gasteiger charge is -2.30. The minimum atomic E-state index is -0.360. The summed E-state index contributed by atoms with van der Waals surface area (Å²) in [6.45, 7) is 8.29. The van der Waals surface area contributed by atoms with E-state index in [9.17, 15) is 15.1 Å². The molecule has 10 heteroatoms. The summed E-state index contributed by atoms with van der Waals surface area (Å²) in [5, 5.41) is 32.9. The Kier molecular flexibility index (Phi) is 6.12. The first-order chi connectivity index (χ1) is 14.5. The SMILES string of the molecule is Cc1ccc([C@H](Nc2no[n+]([O-])c2Nc2cccc(C(=O)N(C)C)c2O)C(C)(C)C)s1. The second-order valence-electron chi connectivity index (χ2n) is 8.55. The molecule has 1 amide bonds. The monoisotopic (exact) mass is 445 g/mol. The van der Waals surface area contributed by atoms with Gasteiger partial charge in [-0.05, 0) is 41.8 Å². The van der Waals surface area contributed by atoms with Gasteiger partial charge in [0.1, 0.15) is 5.69 Å². The summed E-state index contributed by atoms with van der Waals surface area (Å²) < 4.78 is 4.81. The summed E-state index contributed by atoms with van der Waals surface area (Å²) in [7, 11) is 3.18. The summed E-state index contributed by atoms with van der Waals surface area (Å²) in [5.41, 5.74) is 0.101. The molecule has 0 aliphatic heterocycles. The summed E-state index contributed by atoms with van der Waals surface area (Å²) >= 11 is 1.66. The number of carbonyl (C=O) groups excluding carboxylic acids is 1. The number of benzene rings is 1. The number of carbonyl (C=O) groups is 1. The average Bonchev–Trinajstić information content (AvgIpc) is 3.26. The number of nitrogens with zero attached hydrogens (tertiary/aromatic N) is 3. The fourth-order valence-electron chi connectivity index (χ4n) is 3.09. The zero-order valence-electron chi connectivity index (χ0n) is 18.4. The molecular formula is C21H27N5O4S. The molecule has 0 spiro atoms. The third-order valence-electron chi connectivity index (χ3n) is 4.73. The van der Waals surface area contributed by atoms with Gasteiger partial charge in [0.15, 0.2) is 5.75 Å². The predicted octanol–water partition coefficient (Wildman–Crippen LogP) is 4.03. The number of para-hydroxylation sites is 1. The van der Waals surface area contributed by atoms with Gasteiger partial charge in [0.2, 0.25) is 0 Å². The van der Waals surface area contributed by atoms with Crippen LogP contribution in [0, 0.1) is 17.5 Å². The van der Waals surface area contributed by atoms with E-state index in [4.69, 9.17) is 4.63 Å². The summed E-state index contributed by atoms with van der Waals surface area (Å²) in [5.74, 6) is -0.452. The van der Waals surface area contributed by atoms with Gasteiger partial charge in [0, 0.05) is 23.8 Å². The van der Waals surface area contributed by atoms with Crippen molar-refractivity contribution in [2.24, 2.45) is 5.41 Å². The molecule has 0 bridgehead atoms. The number of aryl methyl sites for hydroxylation is 1. The van der Waals surface area contributed by atoms with Crippen LogP contribution in [0.25, 0.3) is 0 Å². The van der Waals surface area contributed by atoms with E-state index in [2.05, 4.69) is 36.6 Å². The Labute approximate surface area is 184 Å². The maximum absolute atomic E-state index is 12.3. The van der Waals surface area contributed by atoms with Crippen molar-refractivity contribution in [1.29, 1.82) is 0 Å². The Morgan fingerprint density at radius 2 is 2.00 bits per heavy atom. The quantitative estimate of drug-likeness (QED) is 0.387. The lowest BCUT2D eigenvalue weighted by atomic mass is 9.86. The highest BCUT2D eigenvalue weighted by Crippen LogP contribution is 2.40. The molecule has 2 heterocycles. The van der Waals surface area contributed by atoms with E-state index < -0.39 is 0 Å². The topological polar surface area (TPSA) is 118 Å². The normalized spacial score (nSPS) is 12.5. The van der Waals surface area contributed by atoms with Crippen LogP contribution in [0.15, 0.2) is 35.0 Å². The molecule has 0 unspecified atom stereocenters. The van der Waals surface area contributed by atoms with Crippen molar-refractivity contribution in [2.45, 2.75) is 33.7 Å². The van der Waals surface area contributed by atoms with Crippen molar-refractivity contribution in [3.05, 3.63) is 50.9 Å². The molecule has 2 aromatic heterocycles. The fourth-order valence-corrected chi connectivity index (χ4v) is 4.27. The number of aromatic nitrogens is 2. The number of hydrogen-bond acceptors (Lipinski definition) is 8. The zero-order valence-corrected chi connectivity index (χ0v) is 19.2. The van der Waals surface area contributed by atoms with Gasteiger partial charge < -0.3 is 25.2 Å². The van der Waals surface area contributed by atoms with Gasteiger partial charge in [0.05, 0.1) is 11.6 Å². The first-order valence-corrected chi connectivity index (χ1v) is 10.5. The highest BCUT2D eigenvalue weighted by atomic mass is 32.1. The second-order valence-corrected chi connectivity index (χ2v) is 9.86. The number of amides is 1. The number of phenolic OH excluding ortho intramolecular Hbond substituents is 1. The fraction of sp³-hybridized carbons (Fsp3) is 0.381. The smallest absolute Gasteiger partial charge is 0.324 e. The van der Waals surface area contributed by atoms with Crippen LogP contribution in [0.2, 0.25) is 0 Å².